The standard InChI is InChI=1S/C50H35N5O/c1-4-15-35(16-5-1)49-33-52(36-17-6-2-7-18-36)34-53(49)38-21-14-22-39(29-38)56-40-27-28-43-41-23-10-13-26-46(41)55(47(43)30-40)50-31-48-44(32-51-50)42-24-11-12-25-45(42)54(48)37-19-8-3-9-20-37/h1-33H,34H2. The molecule has 6 heteroatoms. The van der Waals surface area contributed by atoms with Gasteiger partial charge in [0.2, 0.25) is 0 Å². The number of benzene rings is 7. The highest BCUT2D eigenvalue weighted by Crippen LogP contribution is 2.39. The maximum absolute atomic E-state index is 6.72. The molecule has 0 saturated heterocycles. The Morgan fingerprint density at radius 2 is 1.02 bits per heavy atom. The SMILES string of the molecule is C1=C(c2ccccc2)N(c2cccc(Oc3ccc4c5ccccc5n(-c5cc6c(cn5)c5ccccc5n6-c5ccccc5)c4c3)c2)CN1c1ccccc1. The number of ether oxygens (including phenoxy) is 1. The van der Waals surface area contributed by atoms with Crippen molar-refractivity contribution in [2.24, 2.45) is 0 Å². The fraction of sp³-hybridized carbons (Fsp3) is 0.0200. The van der Waals surface area contributed by atoms with Crippen LogP contribution in [0.4, 0.5) is 11.4 Å². The number of rotatable bonds is 7. The summed E-state index contributed by atoms with van der Waals surface area (Å²) in [4.78, 5) is 9.76. The molecule has 0 aliphatic carbocycles. The number of hydrogen-bond donors (Lipinski definition) is 0. The molecule has 266 valence electrons. The van der Waals surface area contributed by atoms with E-state index in [1.807, 2.05) is 12.3 Å². The van der Waals surface area contributed by atoms with E-state index in [1.54, 1.807) is 0 Å². The van der Waals surface area contributed by atoms with E-state index in [2.05, 4.69) is 207 Å². The first-order valence-electron chi connectivity index (χ1n) is 18.9. The number of fused-ring (bicyclic) bond motifs is 6. The fourth-order valence-corrected chi connectivity index (χ4v) is 8.26. The predicted molar refractivity (Wildman–Crippen MR) is 230 cm³/mol. The van der Waals surface area contributed by atoms with Gasteiger partial charge in [-0.3, -0.25) is 4.57 Å². The molecule has 0 fully saturated rings. The van der Waals surface area contributed by atoms with Crippen LogP contribution in [-0.4, -0.2) is 20.8 Å². The molecule has 56 heavy (non-hydrogen) atoms. The van der Waals surface area contributed by atoms with Gasteiger partial charge < -0.3 is 19.1 Å². The maximum atomic E-state index is 6.72. The predicted octanol–water partition coefficient (Wildman–Crippen LogP) is 12.4. The molecular weight excluding hydrogens is 687 g/mol. The molecule has 3 aromatic heterocycles. The van der Waals surface area contributed by atoms with Crippen LogP contribution in [0.2, 0.25) is 0 Å². The van der Waals surface area contributed by atoms with Gasteiger partial charge in [0.05, 0.1) is 34.4 Å². The fourth-order valence-electron chi connectivity index (χ4n) is 8.26. The summed E-state index contributed by atoms with van der Waals surface area (Å²) in [6.45, 7) is 0.685. The monoisotopic (exact) mass is 721 g/mol. The average Bonchev–Trinajstić information content (AvgIpc) is 3.95. The molecule has 0 spiro atoms. The summed E-state index contributed by atoms with van der Waals surface area (Å²) < 4.78 is 11.3. The van der Waals surface area contributed by atoms with Gasteiger partial charge in [-0.15, -0.1) is 0 Å². The molecule has 0 radical (unpaired) electrons. The van der Waals surface area contributed by atoms with Gasteiger partial charge in [0.25, 0.3) is 0 Å². The third kappa shape index (κ3) is 5.30. The van der Waals surface area contributed by atoms with Crippen LogP contribution < -0.4 is 14.5 Å². The van der Waals surface area contributed by atoms with Crippen LogP contribution in [0.15, 0.2) is 200 Å². The number of nitrogens with zero attached hydrogens (tertiary/aromatic N) is 5. The highest BCUT2D eigenvalue weighted by atomic mass is 16.5. The summed E-state index contributed by atoms with van der Waals surface area (Å²) in [5.41, 5.74) is 9.99. The Balaban J connectivity index is 0.999. The molecule has 4 heterocycles. The zero-order valence-corrected chi connectivity index (χ0v) is 30.4. The first-order chi connectivity index (χ1) is 27.8. The van der Waals surface area contributed by atoms with Crippen molar-refractivity contribution in [3.8, 4) is 23.0 Å². The van der Waals surface area contributed by atoms with Gasteiger partial charge in [-0.05, 0) is 66.2 Å². The lowest BCUT2D eigenvalue weighted by molar-refractivity contribution is 0.483. The second-order valence-electron chi connectivity index (χ2n) is 14.1. The molecule has 1 aliphatic heterocycles. The lowest BCUT2D eigenvalue weighted by Crippen LogP contribution is -2.26. The zero-order valence-electron chi connectivity index (χ0n) is 30.4. The molecule has 0 saturated carbocycles. The number of anilines is 2. The van der Waals surface area contributed by atoms with Crippen molar-refractivity contribution in [1.82, 2.24) is 14.1 Å². The van der Waals surface area contributed by atoms with E-state index < -0.39 is 0 Å². The van der Waals surface area contributed by atoms with Gasteiger partial charge >= 0.3 is 0 Å². The van der Waals surface area contributed by atoms with Crippen LogP contribution in [0.5, 0.6) is 11.5 Å². The van der Waals surface area contributed by atoms with Gasteiger partial charge in [-0.2, -0.15) is 0 Å². The average molecular weight is 722 g/mol. The molecule has 0 bridgehead atoms. The summed E-state index contributed by atoms with van der Waals surface area (Å²) >= 11 is 0. The Bertz CT molecular complexity index is 3090. The third-order valence-corrected chi connectivity index (χ3v) is 10.8. The minimum atomic E-state index is 0.685. The Morgan fingerprint density at radius 3 is 1.79 bits per heavy atom. The van der Waals surface area contributed by atoms with Crippen molar-refractivity contribution in [3.05, 3.63) is 206 Å². The largest absolute Gasteiger partial charge is 0.457 e. The maximum Gasteiger partial charge on any atom is 0.139 e. The van der Waals surface area contributed by atoms with Crippen LogP contribution in [0.25, 0.3) is 60.8 Å². The normalized spacial score (nSPS) is 13.0. The van der Waals surface area contributed by atoms with E-state index >= 15 is 0 Å². The molecule has 11 rings (SSSR count). The number of pyridine rings is 1. The molecule has 0 atom stereocenters. The number of aromatic nitrogens is 3. The minimum Gasteiger partial charge on any atom is -0.457 e. The van der Waals surface area contributed by atoms with Crippen LogP contribution in [0.1, 0.15) is 5.56 Å². The van der Waals surface area contributed by atoms with E-state index in [4.69, 9.17) is 9.72 Å². The third-order valence-electron chi connectivity index (χ3n) is 10.8. The lowest BCUT2D eigenvalue weighted by atomic mass is 10.1. The summed E-state index contributed by atoms with van der Waals surface area (Å²) in [6, 6.07) is 65.7. The second kappa shape index (κ2) is 13.1. The van der Waals surface area contributed by atoms with E-state index in [1.165, 1.54) is 10.8 Å². The van der Waals surface area contributed by atoms with E-state index in [0.29, 0.717) is 6.67 Å². The molecular formula is C50H35N5O. The van der Waals surface area contributed by atoms with E-state index in [-0.39, 0.29) is 0 Å². The highest BCUT2D eigenvalue weighted by Gasteiger charge is 2.25. The summed E-state index contributed by atoms with van der Waals surface area (Å²) in [5.74, 6) is 2.37. The summed E-state index contributed by atoms with van der Waals surface area (Å²) in [5, 5.41) is 4.60. The van der Waals surface area contributed by atoms with Gasteiger partial charge in [-0.25, -0.2) is 4.98 Å². The van der Waals surface area contributed by atoms with E-state index in [0.717, 1.165) is 78.5 Å². The Kier molecular flexibility index (Phi) is 7.45. The molecule has 1 aliphatic rings. The highest BCUT2D eigenvalue weighted by molar-refractivity contribution is 6.11. The van der Waals surface area contributed by atoms with Crippen molar-refractivity contribution in [3.63, 3.8) is 0 Å². The van der Waals surface area contributed by atoms with Crippen LogP contribution in [-0.2, 0) is 0 Å². The minimum absolute atomic E-state index is 0.685. The van der Waals surface area contributed by atoms with Crippen molar-refractivity contribution in [2.75, 3.05) is 16.5 Å². The second-order valence-corrected chi connectivity index (χ2v) is 14.1. The Labute approximate surface area is 324 Å². The van der Waals surface area contributed by atoms with Gasteiger partial charge in [-0.1, -0.05) is 109 Å². The van der Waals surface area contributed by atoms with Gasteiger partial charge in [0, 0.05) is 69.2 Å². The van der Waals surface area contributed by atoms with Crippen LogP contribution in [0.3, 0.4) is 0 Å². The van der Waals surface area contributed by atoms with Gasteiger partial charge in [0.15, 0.2) is 0 Å². The quantitative estimate of drug-likeness (QED) is 0.164. The first kappa shape index (κ1) is 31.9. The summed E-state index contributed by atoms with van der Waals surface area (Å²) in [7, 11) is 0. The summed E-state index contributed by atoms with van der Waals surface area (Å²) in [6.07, 6.45) is 4.25. The molecule has 10 aromatic rings. The number of hydrogen-bond acceptors (Lipinski definition) is 4. The van der Waals surface area contributed by atoms with Crippen molar-refractivity contribution >= 4 is 60.7 Å². The molecule has 6 nitrogen and oxygen atoms in total. The zero-order chi connectivity index (χ0) is 37.0. The Morgan fingerprint density at radius 1 is 0.429 bits per heavy atom. The van der Waals surface area contributed by atoms with Crippen molar-refractivity contribution in [1.29, 1.82) is 0 Å². The molecule has 0 N–H and O–H groups in total. The number of para-hydroxylation sites is 4. The molecule has 0 unspecified atom stereocenters. The Hall–Kier alpha value is -7.57. The molecule has 7 aromatic carbocycles. The van der Waals surface area contributed by atoms with Crippen LogP contribution in [0, 0.1) is 0 Å². The van der Waals surface area contributed by atoms with Crippen LogP contribution >= 0.6 is 0 Å². The molecule has 0 amide bonds. The van der Waals surface area contributed by atoms with Crippen molar-refractivity contribution < 1.29 is 4.74 Å². The first-order valence-corrected chi connectivity index (χ1v) is 18.9. The van der Waals surface area contributed by atoms with Crippen molar-refractivity contribution in [2.45, 2.75) is 0 Å². The smallest absolute Gasteiger partial charge is 0.139 e. The van der Waals surface area contributed by atoms with E-state index in [9.17, 15) is 0 Å². The topological polar surface area (TPSA) is 38.5 Å². The van der Waals surface area contributed by atoms with Gasteiger partial charge in [0.1, 0.15) is 17.3 Å². The lowest BCUT2D eigenvalue weighted by Gasteiger charge is -2.25.